The molecule has 1 rings (SSSR count). The number of nitrogens with one attached hydrogen (secondary N) is 2. The molecule has 0 atom stereocenters. The van der Waals surface area contributed by atoms with E-state index in [1.54, 1.807) is 7.05 Å². The minimum Gasteiger partial charge on any atom is -0.382 e. The highest BCUT2D eigenvalue weighted by molar-refractivity contribution is 5.79. The van der Waals surface area contributed by atoms with E-state index in [0.29, 0.717) is 0 Å². The second-order valence-electron chi connectivity index (χ2n) is 5.06. The van der Waals surface area contributed by atoms with Crippen molar-refractivity contribution in [3.8, 4) is 0 Å². The molecular formula is C13H27N3O2. The number of guanidine groups is 1. The van der Waals surface area contributed by atoms with Crippen LogP contribution in [0.4, 0.5) is 0 Å². The Hall–Kier alpha value is -0.810. The minimum absolute atomic E-state index is 0.270. The van der Waals surface area contributed by atoms with Gasteiger partial charge < -0.3 is 20.1 Å². The maximum atomic E-state index is 5.29. The first-order chi connectivity index (χ1) is 8.70. The van der Waals surface area contributed by atoms with E-state index in [0.717, 1.165) is 58.3 Å². The first-order valence-corrected chi connectivity index (χ1v) is 6.80. The van der Waals surface area contributed by atoms with Crippen LogP contribution in [0, 0.1) is 5.41 Å². The standard InChI is InChI=1S/C13H27N3O2/c1-4-17-8-6-5-7-15-12(14-3)16-9-13(2)10-18-11-13/h4-11H2,1-3H3,(H2,14,15,16). The largest absolute Gasteiger partial charge is 0.382 e. The summed E-state index contributed by atoms with van der Waals surface area (Å²) in [6.07, 6.45) is 2.18. The molecule has 0 aromatic carbocycles. The van der Waals surface area contributed by atoms with Gasteiger partial charge in [-0.25, -0.2) is 0 Å². The van der Waals surface area contributed by atoms with Crippen LogP contribution < -0.4 is 10.6 Å². The fourth-order valence-electron chi connectivity index (χ4n) is 1.75. The van der Waals surface area contributed by atoms with Gasteiger partial charge in [0.25, 0.3) is 0 Å². The normalized spacial score (nSPS) is 18.3. The number of hydrogen-bond donors (Lipinski definition) is 2. The molecule has 0 bridgehead atoms. The Morgan fingerprint density at radius 1 is 1.33 bits per heavy atom. The first-order valence-electron chi connectivity index (χ1n) is 6.80. The number of hydrogen-bond acceptors (Lipinski definition) is 3. The fraction of sp³-hybridized carbons (Fsp3) is 0.923. The Kier molecular flexibility index (Phi) is 7.05. The molecule has 5 nitrogen and oxygen atoms in total. The van der Waals surface area contributed by atoms with Crippen molar-refractivity contribution in [2.75, 3.05) is 46.6 Å². The lowest BCUT2D eigenvalue weighted by molar-refractivity contribution is -0.0971. The summed E-state index contributed by atoms with van der Waals surface area (Å²) >= 11 is 0. The molecule has 1 fully saturated rings. The van der Waals surface area contributed by atoms with E-state index in [2.05, 4.69) is 22.5 Å². The molecule has 0 unspecified atom stereocenters. The van der Waals surface area contributed by atoms with Crippen LogP contribution in [0.1, 0.15) is 26.7 Å². The Morgan fingerprint density at radius 2 is 2.11 bits per heavy atom. The van der Waals surface area contributed by atoms with Gasteiger partial charge in [0, 0.05) is 38.8 Å². The van der Waals surface area contributed by atoms with Crippen LogP contribution in [0.25, 0.3) is 0 Å². The molecule has 5 heteroatoms. The summed E-state index contributed by atoms with van der Waals surface area (Å²) in [5.74, 6) is 0.875. The number of unbranched alkanes of at least 4 members (excludes halogenated alkanes) is 1. The summed E-state index contributed by atoms with van der Waals surface area (Å²) in [6.45, 7) is 9.41. The van der Waals surface area contributed by atoms with Crippen molar-refractivity contribution < 1.29 is 9.47 Å². The number of aliphatic imine (C=N–C) groups is 1. The third-order valence-corrected chi connectivity index (χ3v) is 3.02. The van der Waals surface area contributed by atoms with E-state index in [-0.39, 0.29) is 5.41 Å². The zero-order chi connectivity index (χ0) is 13.3. The molecule has 1 aliphatic heterocycles. The highest BCUT2D eigenvalue weighted by Crippen LogP contribution is 2.24. The number of ether oxygens (including phenoxy) is 2. The van der Waals surface area contributed by atoms with Gasteiger partial charge in [0.1, 0.15) is 0 Å². The molecule has 18 heavy (non-hydrogen) atoms. The maximum absolute atomic E-state index is 5.29. The zero-order valence-electron chi connectivity index (χ0n) is 11.9. The Labute approximate surface area is 110 Å². The van der Waals surface area contributed by atoms with Gasteiger partial charge in [0.15, 0.2) is 5.96 Å². The number of nitrogens with zero attached hydrogens (tertiary/aromatic N) is 1. The van der Waals surface area contributed by atoms with Crippen molar-refractivity contribution in [3.05, 3.63) is 0 Å². The Balaban J connectivity index is 2.03. The SMILES string of the molecule is CCOCCCCNC(=NC)NCC1(C)COC1. The van der Waals surface area contributed by atoms with Gasteiger partial charge in [0.2, 0.25) is 0 Å². The molecule has 0 aromatic rings. The summed E-state index contributed by atoms with van der Waals surface area (Å²) in [5, 5.41) is 6.65. The van der Waals surface area contributed by atoms with Gasteiger partial charge in [-0.3, -0.25) is 4.99 Å². The average molecular weight is 257 g/mol. The average Bonchev–Trinajstić information content (AvgIpc) is 2.35. The molecule has 0 saturated carbocycles. The van der Waals surface area contributed by atoms with Gasteiger partial charge in [0.05, 0.1) is 13.2 Å². The predicted octanol–water partition coefficient (Wildman–Crippen LogP) is 1.00. The lowest BCUT2D eigenvalue weighted by atomic mass is 9.89. The molecule has 106 valence electrons. The van der Waals surface area contributed by atoms with Gasteiger partial charge in [-0.05, 0) is 19.8 Å². The van der Waals surface area contributed by atoms with Gasteiger partial charge in [-0.2, -0.15) is 0 Å². The summed E-state index contributed by atoms with van der Waals surface area (Å²) in [5.41, 5.74) is 0.270. The molecule has 0 amide bonds. The topological polar surface area (TPSA) is 54.9 Å². The third kappa shape index (κ3) is 5.69. The van der Waals surface area contributed by atoms with Crippen molar-refractivity contribution >= 4 is 5.96 Å². The van der Waals surface area contributed by atoms with Crippen molar-refractivity contribution in [3.63, 3.8) is 0 Å². The van der Waals surface area contributed by atoms with Crippen LogP contribution in [0.3, 0.4) is 0 Å². The number of rotatable bonds is 8. The van der Waals surface area contributed by atoms with Crippen LogP contribution in [-0.4, -0.2) is 52.5 Å². The smallest absolute Gasteiger partial charge is 0.190 e. The second-order valence-corrected chi connectivity index (χ2v) is 5.06. The van der Waals surface area contributed by atoms with Crippen LogP contribution in [0.5, 0.6) is 0 Å². The van der Waals surface area contributed by atoms with E-state index in [9.17, 15) is 0 Å². The molecule has 0 aromatic heterocycles. The van der Waals surface area contributed by atoms with E-state index < -0.39 is 0 Å². The van der Waals surface area contributed by atoms with Gasteiger partial charge in [-0.15, -0.1) is 0 Å². The fourth-order valence-corrected chi connectivity index (χ4v) is 1.75. The Bertz CT molecular complexity index is 253. The summed E-state index contributed by atoms with van der Waals surface area (Å²) < 4.78 is 10.5. The van der Waals surface area contributed by atoms with Crippen LogP contribution in [0.2, 0.25) is 0 Å². The quantitative estimate of drug-likeness (QED) is 0.387. The zero-order valence-corrected chi connectivity index (χ0v) is 11.9. The molecule has 0 aliphatic carbocycles. The van der Waals surface area contributed by atoms with Gasteiger partial charge in [-0.1, -0.05) is 6.92 Å². The molecule has 0 spiro atoms. The lowest BCUT2D eigenvalue weighted by Gasteiger charge is -2.38. The lowest BCUT2D eigenvalue weighted by Crippen LogP contribution is -2.51. The summed E-state index contributed by atoms with van der Waals surface area (Å²) in [6, 6.07) is 0. The molecular weight excluding hydrogens is 230 g/mol. The van der Waals surface area contributed by atoms with Crippen molar-refractivity contribution in [2.45, 2.75) is 26.7 Å². The maximum Gasteiger partial charge on any atom is 0.190 e. The summed E-state index contributed by atoms with van der Waals surface area (Å²) in [7, 11) is 1.80. The highest BCUT2D eigenvalue weighted by Gasteiger charge is 2.33. The molecule has 0 radical (unpaired) electrons. The minimum atomic E-state index is 0.270. The van der Waals surface area contributed by atoms with Crippen LogP contribution in [0.15, 0.2) is 4.99 Å². The first kappa shape index (κ1) is 15.2. The molecule has 1 aliphatic rings. The van der Waals surface area contributed by atoms with E-state index in [4.69, 9.17) is 9.47 Å². The van der Waals surface area contributed by atoms with Crippen LogP contribution >= 0.6 is 0 Å². The van der Waals surface area contributed by atoms with Crippen molar-refractivity contribution in [1.29, 1.82) is 0 Å². The van der Waals surface area contributed by atoms with Crippen molar-refractivity contribution in [1.82, 2.24) is 10.6 Å². The van der Waals surface area contributed by atoms with Crippen LogP contribution in [-0.2, 0) is 9.47 Å². The second kappa shape index (κ2) is 8.32. The molecule has 1 saturated heterocycles. The monoisotopic (exact) mass is 257 g/mol. The highest BCUT2D eigenvalue weighted by atomic mass is 16.5. The third-order valence-electron chi connectivity index (χ3n) is 3.02. The van der Waals surface area contributed by atoms with E-state index in [1.807, 2.05) is 6.92 Å². The van der Waals surface area contributed by atoms with E-state index in [1.165, 1.54) is 0 Å². The van der Waals surface area contributed by atoms with E-state index >= 15 is 0 Å². The molecule has 2 N–H and O–H groups in total. The Morgan fingerprint density at radius 3 is 2.67 bits per heavy atom. The summed E-state index contributed by atoms with van der Waals surface area (Å²) in [4.78, 5) is 4.21. The predicted molar refractivity (Wildman–Crippen MR) is 74.0 cm³/mol. The molecule has 1 heterocycles. The van der Waals surface area contributed by atoms with Crippen molar-refractivity contribution in [2.24, 2.45) is 10.4 Å². The van der Waals surface area contributed by atoms with Gasteiger partial charge >= 0.3 is 0 Å².